The molecule has 3 N–H and O–H groups in total. The molecule has 1 atom stereocenters. The van der Waals surface area contributed by atoms with Crippen LogP contribution in [0.4, 0.5) is 0 Å². The molecule has 0 heterocycles. The molecule has 0 spiro atoms. The Labute approximate surface area is 104 Å². The highest BCUT2D eigenvalue weighted by atomic mass is 16.5. The van der Waals surface area contributed by atoms with Gasteiger partial charge in [-0.3, -0.25) is 4.79 Å². The Hall–Kier alpha value is -2.08. The second kappa shape index (κ2) is 6.61. The molecule has 6 heteroatoms. The molecule has 0 fully saturated rings. The van der Waals surface area contributed by atoms with Crippen molar-refractivity contribution < 1.29 is 24.5 Å². The molecule has 1 amide bonds. The maximum Gasteiger partial charge on any atom is 0.330 e. The lowest BCUT2D eigenvalue weighted by atomic mass is 10.1. The van der Waals surface area contributed by atoms with E-state index >= 15 is 0 Å². The van der Waals surface area contributed by atoms with Crippen LogP contribution in [0.15, 0.2) is 24.3 Å². The lowest BCUT2D eigenvalue weighted by Gasteiger charge is -2.13. The Morgan fingerprint density at radius 3 is 2.72 bits per heavy atom. The van der Waals surface area contributed by atoms with Crippen molar-refractivity contribution in [2.45, 2.75) is 12.5 Å². The molecule has 1 aromatic carbocycles. The third-order valence-corrected chi connectivity index (χ3v) is 2.28. The van der Waals surface area contributed by atoms with Crippen molar-refractivity contribution >= 4 is 11.9 Å². The molecular weight excluding hydrogens is 238 g/mol. The molecule has 98 valence electrons. The van der Waals surface area contributed by atoms with Gasteiger partial charge in [-0.1, -0.05) is 12.1 Å². The number of benzene rings is 1. The first-order valence-corrected chi connectivity index (χ1v) is 5.32. The number of hydrogen-bond acceptors (Lipinski definition) is 5. The number of methoxy groups -OCH3 is 1. The summed E-state index contributed by atoms with van der Waals surface area (Å²) in [6, 6.07) is 5.16. The summed E-state index contributed by atoms with van der Waals surface area (Å²) in [5.74, 6) is -1.08. The van der Waals surface area contributed by atoms with E-state index in [1.165, 1.54) is 19.2 Å². The summed E-state index contributed by atoms with van der Waals surface area (Å²) in [5.41, 5.74) is 0.606. The fourth-order valence-corrected chi connectivity index (χ4v) is 1.42. The SMILES string of the molecule is COC(=O)C(CO)NC(=O)Cc1cccc(O)c1. The highest BCUT2D eigenvalue weighted by Crippen LogP contribution is 2.11. The highest BCUT2D eigenvalue weighted by Gasteiger charge is 2.20. The Kier molecular flexibility index (Phi) is 5.13. The number of carbonyl (C=O) groups is 2. The number of ether oxygens (including phenoxy) is 1. The number of rotatable bonds is 5. The third kappa shape index (κ3) is 4.06. The molecule has 0 radical (unpaired) electrons. The fourth-order valence-electron chi connectivity index (χ4n) is 1.42. The van der Waals surface area contributed by atoms with Crippen molar-refractivity contribution in [2.24, 2.45) is 0 Å². The minimum absolute atomic E-state index is 0.00188. The van der Waals surface area contributed by atoms with Crippen LogP contribution in [-0.2, 0) is 20.7 Å². The topological polar surface area (TPSA) is 95.9 Å². The first kappa shape index (κ1) is 14.0. The van der Waals surface area contributed by atoms with Gasteiger partial charge in [0.2, 0.25) is 5.91 Å². The van der Waals surface area contributed by atoms with Crippen molar-refractivity contribution in [1.82, 2.24) is 5.32 Å². The lowest BCUT2D eigenvalue weighted by Crippen LogP contribution is -2.44. The second-order valence-electron chi connectivity index (χ2n) is 3.67. The van der Waals surface area contributed by atoms with Gasteiger partial charge in [0.25, 0.3) is 0 Å². The Morgan fingerprint density at radius 2 is 2.17 bits per heavy atom. The Bertz CT molecular complexity index is 432. The summed E-state index contributed by atoms with van der Waals surface area (Å²) in [7, 11) is 1.17. The first-order chi connectivity index (χ1) is 8.56. The zero-order chi connectivity index (χ0) is 13.5. The zero-order valence-corrected chi connectivity index (χ0v) is 9.92. The number of nitrogens with one attached hydrogen (secondary N) is 1. The van der Waals surface area contributed by atoms with Crippen LogP contribution in [-0.4, -0.2) is 41.8 Å². The summed E-state index contributed by atoms with van der Waals surface area (Å²) in [5, 5.41) is 20.5. The fraction of sp³-hybridized carbons (Fsp3) is 0.333. The number of esters is 1. The predicted molar refractivity (Wildman–Crippen MR) is 62.8 cm³/mol. The third-order valence-electron chi connectivity index (χ3n) is 2.28. The van der Waals surface area contributed by atoms with Gasteiger partial charge in [-0.15, -0.1) is 0 Å². The summed E-state index contributed by atoms with van der Waals surface area (Å²) >= 11 is 0. The van der Waals surface area contributed by atoms with Gasteiger partial charge in [0.05, 0.1) is 20.1 Å². The van der Waals surface area contributed by atoms with Crippen molar-refractivity contribution in [2.75, 3.05) is 13.7 Å². The van der Waals surface area contributed by atoms with E-state index in [-0.39, 0.29) is 12.2 Å². The lowest BCUT2D eigenvalue weighted by molar-refractivity contribution is -0.146. The minimum Gasteiger partial charge on any atom is -0.508 e. The van der Waals surface area contributed by atoms with Crippen LogP contribution in [0.5, 0.6) is 5.75 Å². The van der Waals surface area contributed by atoms with Gasteiger partial charge in [-0.05, 0) is 17.7 Å². The molecule has 0 aliphatic carbocycles. The van der Waals surface area contributed by atoms with Crippen LogP contribution in [0.1, 0.15) is 5.56 Å². The number of amides is 1. The molecule has 6 nitrogen and oxygen atoms in total. The normalized spacial score (nSPS) is 11.7. The minimum atomic E-state index is -1.07. The van der Waals surface area contributed by atoms with E-state index in [4.69, 9.17) is 5.11 Å². The van der Waals surface area contributed by atoms with Gasteiger partial charge in [-0.25, -0.2) is 4.79 Å². The molecule has 0 bridgehead atoms. The molecule has 0 aliphatic rings. The van der Waals surface area contributed by atoms with Gasteiger partial charge in [0.1, 0.15) is 5.75 Å². The molecule has 1 unspecified atom stereocenters. The van der Waals surface area contributed by atoms with Crippen LogP contribution in [0.3, 0.4) is 0 Å². The summed E-state index contributed by atoms with van der Waals surface area (Å²) in [6.45, 7) is -0.529. The Balaban J connectivity index is 2.58. The maximum absolute atomic E-state index is 11.6. The quantitative estimate of drug-likeness (QED) is 0.620. The summed E-state index contributed by atoms with van der Waals surface area (Å²) < 4.78 is 4.42. The molecular formula is C12H15NO5. The van der Waals surface area contributed by atoms with Crippen LogP contribution in [0, 0.1) is 0 Å². The summed E-state index contributed by atoms with van der Waals surface area (Å²) in [6.07, 6.45) is 0.00188. The molecule has 1 rings (SSSR count). The van der Waals surface area contributed by atoms with Crippen LogP contribution in [0.2, 0.25) is 0 Å². The van der Waals surface area contributed by atoms with Crippen molar-refractivity contribution in [1.29, 1.82) is 0 Å². The molecule has 1 aromatic rings. The van der Waals surface area contributed by atoms with Crippen molar-refractivity contribution in [3.8, 4) is 5.75 Å². The van der Waals surface area contributed by atoms with Gasteiger partial charge >= 0.3 is 5.97 Å². The first-order valence-electron chi connectivity index (χ1n) is 5.32. The van der Waals surface area contributed by atoms with Crippen molar-refractivity contribution in [3.05, 3.63) is 29.8 Å². The van der Waals surface area contributed by atoms with Gasteiger partial charge in [0.15, 0.2) is 6.04 Å². The standard InChI is InChI=1S/C12H15NO5/c1-18-12(17)10(7-14)13-11(16)6-8-3-2-4-9(15)5-8/h2-5,10,14-15H,6-7H2,1H3,(H,13,16). The predicted octanol–water partition coefficient (Wildman–Crippen LogP) is -0.415. The van der Waals surface area contributed by atoms with Crippen molar-refractivity contribution in [3.63, 3.8) is 0 Å². The maximum atomic E-state index is 11.6. The molecule has 0 saturated carbocycles. The summed E-state index contributed by atoms with van der Waals surface area (Å²) in [4.78, 5) is 22.7. The second-order valence-corrected chi connectivity index (χ2v) is 3.67. The number of aliphatic hydroxyl groups excluding tert-OH is 1. The van der Waals surface area contributed by atoms with E-state index in [9.17, 15) is 14.7 Å². The molecule has 0 aliphatic heterocycles. The highest BCUT2D eigenvalue weighted by molar-refractivity contribution is 5.85. The molecule has 0 aromatic heterocycles. The number of hydrogen-bond donors (Lipinski definition) is 3. The van der Waals surface area contributed by atoms with E-state index in [0.717, 1.165) is 0 Å². The zero-order valence-electron chi connectivity index (χ0n) is 9.92. The number of carbonyl (C=O) groups excluding carboxylic acids is 2. The van der Waals surface area contributed by atoms with E-state index < -0.39 is 24.5 Å². The van der Waals surface area contributed by atoms with Crippen LogP contribution < -0.4 is 5.32 Å². The monoisotopic (exact) mass is 253 g/mol. The Morgan fingerprint density at radius 1 is 1.44 bits per heavy atom. The average Bonchev–Trinajstić information content (AvgIpc) is 2.35. The largest absolute Gasteiger partial charge is 0.508 e. The number of phenols is 1. The molecule has 0 saturated heterocycles. The van der Waals surface area contributed by atoms with Crippen LogP contribution in [0.25, 0.3) is 0 Å². The number of aromatic hydroxyl groups is 1. The number of aliphatic hydroxyl groups is 1. The van der Waals surface area contributed by atoms with E-state index in [0.29, 0.717) is 5.56 Å². The van der Waals surface area contributed by atoms with Gasteiger partial charge in [-0.2, -0.15) is 0 Å². The van der Waals surface area contributed by atoms with E-state index in [1.807, 2.05) is 0 Å². The smallest absolute Gasteiger partial charge is 0.330 e. The number of phenolic OH excluding ortho intramolecular Hbond substituents is 1. The van der Waals surface area contributed by atoms with Crippen LogP contribution >= 0.6 is 0 Å². The van der Waals surface area contributed by atoms with Gasteiger partial charge < -0.3 is 20.3 Å². The van der Waals surface area contributed by atoms with Gasteiger partial charge in [0, 0.05) is 0 Å². The molecule has 18 heavy (non-hydrogen) atoms. The van der Waals surface area contributed by atoms with E-state index in [2.05, 4.69) is 10.1 Å². The average molecular weight is 253 g/mol. The van der Waals surface area contributed by atoms with E-state index in [1.54, 1.807) is 12.1 Å².